The number of carbonyl (C=O) groups is 1. The summed E-state index contributed by atoms with van der Waals surface area (Å²) in [5.74, 6) is 0.165. The summed E-state index contributed by atoms with van der Waals surface area (Å²) in [7, 11) is 0. The number of benzene rings is 1. The second kappa shape index (κ2) is 5.80. The summed E-state index contributed by atoms with van der Waals surface area (Å²) in [5.41, 5.74) is 0.694. The summed E-state index contributed by atoms with van der Waals surface area (Å²) in [6.45, 7) is 1.82. The number of ether oxygens (including phenoxy) is 2. The van der Waals surface area contributed by atoms with Gasteiger partial charge in [0.05, 0.1) is 6.61 Å². The molecule has 0 atom stereocenters. The van der Waals surface area contributed by atoms with E-state index in [0.717, 1.165) is 0 Å². The zero-order valence-corrected chi connectivity index (χ0v) is 10.2. The van der Waals surface area contributed by atoms with Crippen molar-refractivity contribution < 1.29 is 19.4 Å². The third-order valence-electron chi connectivity index (χ3n) is 2.20. The number of hydrogen-bond acceptors (Lipinski definition) is 6. The van der Waals surface area contributed by atoms with E-state index in [0.29, 0.717) is 29.5 Å². The number of aromatic amines is 1. The molecule has 100 valence electrons. The lowest BCUT2D eigenvalue weighted by molar-refractivity contribution is -0.139. The van der Waals surface area contributed by atoms with Crippen LogP contribution in [0.5, 0.6) is 11.5 Å². The van der Waals surface area contributed by atoms with Crippen LogP contribution in [-0.2, 0) is 4.79 Å². The molecule has 1 aromatic heterocycles. The maximum absolute atomic E-state index is 10.5. The fourth-order valence-corrected chi connectivity index (χ4v) is 1.46. The largest absolute Gasteiger partial charge is 0.490 e. The van der Waals surface area contributed by atoms with Crippen molar-refractivity contribution >= 4 is 5.97 Å². The van der Waals surface area contributed by atoms with Gasteiger partial charge in [-0.3, -0.25) is 0 Å². The second-order valence-corrected chi connectivity index (χ2v) is 3.51. The Labute approximate surface area is 108 Å². The number of carboxylic acids is 1. The third kappa shape index (κ3) is 3.18. The van der Waals surface area contributed by atoms with Crippen LogP contribution < -0.4 is 9.47 Å². The van der Waals surface area contributed by atoms with Crippen LogP contribution in [0.4, 0.5) is 0 Å². The molecule has 2 rings (SSSR count). The Morgan fingerprint density at radius 1 is 1.37 bits per heavy atom. The first kappa shape index (κ1) is 12.8. The highest BCUT2D eigenvalue weighted by Gasteiger charge is 2.11. The molecular formula is C11H12N4O4. The smallest absolute Gasteiger partial charge is 0.341 e. The number of nitrogens with one attached hydrogen (secondary N) is 1. The van der Waals surface area contributed by atoms with Crippen molar-refractivity contribution in [1.29, 1.82) is 0 Å². The van der Waals surface area contributed by atoms with Crippen LogP contribution in [0.15, 0.2) is 18.2 Å². The molecule has 0 aliphatic carbocycles. The highest BCUT2D eigenvalue weighted by atomic mass is 16.5. The monoisotopic (exact) mass is 264 g/mol. The Hall–Kier alpha value is -2.64. The fourth-order valence-electron chi connectivity index (χ4n) is 1.46. The van der Waals surface area contributed by atoms with Gasteiger partial charge in [0.2, 0.25) is 5.82 Å². The van der Waals surface area contributed by atoms with Gasteiger partial charge in [0.25, 0.3) is 0 Å². The van der Waals surface area contributed by atoms with Crippen LogP contribution >= 0.6 is 0 Å². The van der Waals surface area contributed by atoms with Gasteiger partial charge in [-0.1, -0.05) is 0 Å². The standard InChI is InChI=1S/C11H12N4O4/c1-2-18-9-5-7(11-12-14-15-13-11)3-4-8(9)19-6-10(16)17/h3-5H,2,6H2,1H3,(H,16,17)(H,12,13,14,15). The van der Waals surface area contributed by atoms with Crippen LogP contribution in [0, 0.1) is 0 Å². The first-order valence-electron chi connectivity index (χ1n) is 5.56. The molecule has 0 aliphatic heterocycles. The number of aromatic nitrogens is 4. The van der Waals surface area contributed by atoms with E-state index in [1.807, 2.05) is 6.92 Å². The van der Waals surface area contributed by atoms with Gasteiger partial charge in [0.15, 0.2) is 18.1 Å². The summed E-state index contributed by atoms with van der Waals surface area (Å²) in [6, 6.07) is 4.98. The molecule has 0 aliphatic rings. The molecule has 19 heavy (non-hydrogen) atoms. The number of carboxylic acid groups (broad SMARTS) is 1. The molecule has 0 saturated carbocycles. The van der Waals surface area contributed by atoms with E-state index in [2.05, 4.69) is 20.6 Å². The van der Waals surface area contributed by atoms with Crippen molar-refractivity contribution in [1.82, 2.24) is 20.6 Å². The van der Waals surface area contributed by atoms with Crippen LogP contribution in [-0.4, -0.2) is 44.9 Å². The maximum Gasteiger partial charge on any atom is 0.341 e. The Morgan fingerprint density at radius 2 is 2.21 bits per heavy atom. The van der Waals surface area contributed by atoms with E-state index in [1.54, 1.807) is 18.2 Å². The molecule has 0 radical (unpaired) electrons. The van der Waals surface area contributed by atoms with E-state index in [-0.39, 0.29) is 0 Å². The summed E-state index contributed by atoms with van der Waals surface area (Å²) >= 11 is 0. The minimum absolute atomic E-state index is 0.358. The lowest BCUT2D eigenvalue weighted by Gasteiger charge is -2.11. The normalized spacial score (nSPS) is 10.2. The third-order valence-corrected chi connectivity index (χ3v) is 2.20. The molecular weight excluding hydrogens is 252 g/mol. The Balaban J connectivity index is 2.27. The summed E-state index contributed by atoms with van der Waals surface area (Å²) < 4.78 is 10.5. The number of aliphatic carboxylic acids is 1. The lowest BCUT2D eigenvalue weighted by atomic mass is 10.2. The predicted octanol–water partition coefficient (Wildman–Crippen LogP) is 0.729. The molecule has 0 saturated heterocycles. The molecule has 0 amide bonds. The van der Waals surface area contributed by atoms with Crippen molar-refractivity contribution in [2.75, 3.05) is 13.2 Å². The van der Waals surface area contributed by atoms with Gasteiger partial charge in [0.1, 0.15) is 0 Å². The molecule has 0 fully saturated rings. The first-order chi connectivity index (χ1) is 9.20. The minimum Gasteiger partial charge on any atom is -0.490 e. The van der Waals surface area contributed by atoms with Crippen molar-refractivity contribution in [3.05, 3.63) is 18.2 Å². The van der Waals surface area contributed by atoms with Gasteiger partial charge in [-0.05, 0) is 30.3 Å². The molecule has 0 spiro atoms. The zero-order chi connectivity index (χ0) is 13.7. The number of hydrogen-bond donors (Lipinski definition) is 2. The van der Waals surface area contributed by atoms with Crippen molar-refractivity contribution in [2.45, 2.75) is 6.92 Å². The number of rotatable bonds is 6. The molecule has 8 nitrogen and oxygen atoms in total. The minimum atomic E-state index is -1.05. The first-order valence-corrected chi connectivity index (χ1v) is 5.56. The summed E-state index contributed by atoms with van der Waals surface area (Å²) in [4.78, 5) is 10.5. The molecule has 2 aromatic rings. The highest BCUT2D eigenvalue weighted by molar-refractivity contribution is 5.69. The van der Waals surface area contributed by atoms with E-state index in [1.165, 1.54) is 0 Å². The quantitative estimate of drug-likeness (QED) is 0.791. The second-order valence-electron chi connectivity index (χ2n) is 3.51. The van der Waals surface area contributed by atoms with Gasteiger partial charge >= 0.3 is 5.97 Å². The number of nitrogens with zero attached hydrogens (tertiary/aromatic N) is 3. The van der Waals surface area contributed by atoms with E-state index < -0.39 is 12.6 Å². The maximum atomic E-state index is 10.5. The SMILES string of the molecule is CCOc1cc(-c2nn[nH]n2)ccc1OCC(=O)O. The fraction of sp³-hybridized carbons (Fsp3) is 0.273. The average molecular weight is 264 g/mol. The summed E-state index contributed by atoms with van der Waals surface area (Å²) in [5, 5.41) is 22.1. The van der Waals surface area contributed by atoms with E-state index in [9.17, 15) is 4.79 Å². The number of tetrazole rings is 1. The van der Waals surface area contributed by atoms with Crippen molar-refractivity contribution in [2.24, 2.45) is 0 Å². The van der Waals surface area contributed by atoms with Crippen LogP contribution in [0.3, 0.4) is 0 Å². The molecule has 2 N–H and O–H groups in total. The van der Waals surface area contributed by atoms with Crippen molar-refractivity contribution in [3.63, 3.8) is 0 Å². The molecule has 8 heteroatoms. The Bertz CT molecular complexity index is 556. The molecule has 0 unspecified atom stereocenters. The highest BCUT2D eigenvalue weighted by Crippen LogP contribution is 2.31. The van der Waals surface area contributed by atoms with Gasteiger partial charge in [-0.25, -0.2) is 4.79 Å². The Kier molecular flexibility index (Phi) is 3.91. The average Bonchev–Trinajstić information content (AvgIpc) is 2.91. The van der Waals surface area contributed by atoms with E-state index in [4.69, 9.17) is 14.6 Å². The topological polar surface area (TPSA) is 110 Å². The predicted molar refractivity (Wildman–Crippen MR) is 63.9 cm³/mol. The van der Waals surface area contributed by atoms with E-state index >= 15 is 0 Å². The van der Waals surface area contributed by atoms with Crippen LogP contribution in [0.25, 0.3) is 11.4 Å². The van der Waals surface area contributed by atoms with Crippen molar-refractivity contribution in [3.8, 4) is 22.9 Å². The Morgan fingerprint density at radius 3 is 2.84 bits per heavy atom. The lowest BCUT2D eigenvalue weighted by Crippen LogP contribution is -2.10. The molecule has 0 bridgehead atoms. The molecule has 1 aromatic carbocycles. The van der Waals surface area contributed by atoms with Gasteiger partial charge in [-0.15, -0.1) is 10.2 Å². The van der Waals surface area contributed by atoms with Crippen LogP contribution in [0.2, 0.25) is 0 Å². The van der Waals surface area contributed by atoms with Gasteiger partial charge in [0, 0.05) is 5.56 Å². The summed E-state index contributed by atoms with van der Waals surface area (Å²) in [6.07, 6.45) is 0. The van der Waals surface area contributed by atoms with Gasteiger partial charge in [-0.2, -0.15) is 5.21 Å². The van der Waals surface area contributed by atoms with Crippen LogP contribution in [0.1, 0.15) is 6.92 Å². The molecule has 1 heterocycles. The zero-order valence-electron chi connectivity index (χ0n) is 10.2. The number of H-pyrrole nitrogens is 1. The van der Waals surface area contributed by atoms with Gasteiger partial charge < -0.3 is 14.6 Å².